The second-order valence-corrected chi connectivity index (χ2v) is 10.3. The maximum absolute atomic E-state index is 13.7. The number of sulfone groups is 1. The molecular weight excluding hydrogens is 440 g/mol. The summed E-state index contributed by atoms with van der Waals surface area (Å²) >= 11 is 0. The highest BCUT2D eigenvalue weighted by Gasteiger charge is 2.24. The minimum Gasteiger partial charge on any atom is -0.491 e. The Kier molecular flexibility index (Phi) is 10.7. The van der Waals surface area contributed by atoms with Crippen molar-refractivity contribution in [1.82, 2.24) is 0 Å². The van der Waals surface area contributed by atoms with Gasteiger partial charge in [0.2, 0.25) is 9.84 Å². The highest BCUT2D eigenvalue weighted by atomic mass is 32.2. The Morgan fingerprint density at radius 3 is 1.45 bits per heavy atom. The lowest BCUT2D eigenvalue weighted by molar-refractivity contribution is 0.199. The summed E-state index contributed by atoms with van der Waals surface area (Å²) in [5.74, 6) is 1.31. The predicted octanol–water partition coefficient (Wildman–Crippen LogP) is 4.56. The van der Waals surface area contributed by atoms with Gasteiger partial charge in [-0.05, 0) is 86.1 Å². The van der Waals surface area contributed by atoms with Crippen LogP contribution >= 0.6 is 0 Å². The quantitative estimate of drug-likeness (QED) is 0.413. The number of hydrogen-bond donors (Lipinski definition) is 2. The first kappa shape index (κ1) is 27.2. The Morgan fingerprint density at radius 2 is 1.12 bits per heavy atom. The van der Waals surface area contributed by atoms with E-state index in [0.717, 1.165) is 47.9 Å². The fraction of sp³-hybridized carbons (Fsp3) is 0.538. The molecule has 0 spiro atoms. The number of rotatable bonds is 14. The van der Waals surface area contributed by atoms with Crippen LogP contribution < -0.4 is 9.47 Å². The summed E-state index contributed by atoms with van der Waals surface area (Å²) in [6.45, 7) is 7.98. The first-order chi connectivity index (χ1) is 15.8. The van der Waals surface area contributed by atoms with Gasteiger partial charge in [-0.3, -0.25) is 0 Å². The normalized spacial score (nSPS) is 11.6. The van der Waals surface area contributed by atoms with E-state index in [1.54, 1.807) is 24.3 Å². The second-order valence-electron chi connectivity index (χ2n) is 8.31. The molecule has 0 unspecified atom stereocenters. The topological polar surface area (TPSA) is 93.1 Å². The highest BCUT2D eigenvalue weighted by Crippen LogP contribution is 2.35. The lowest BCUT2D eigenvalue weighted by Gasteiger charge is -2.18. The fourth-order valence-corrected chi connectivity index (χ4v) is 5.41. The molecule has 2 rings (SSSR count). The van der Waals surface area contributed by atoms with Gasteiger partial charge in [-0.1, -0.05) is 26.7 Å². The van der Waals surface area contributed by atoms with Crippen molar-refractivity contribution in [2.24, 2.45) is 0 Å². The summed E-state index contributed by atoms with van der Waals surface area (Å²) in [5.41, 5.74) is 3.16. The molecule has 2 aromatic carbocycles. The molecule has 0 aliphatic heterocycles. The van der Waals surface area contributed by atoms with Crippen LogP contribution in [-0.2, 0) is 22.7 Å². The van der Waals surface area contributed by atoms with Crippen molar-refractivity contribution in [3.63, 3.8) is 0 Å². The van der Waals surface area contributed by atoms with Gasteiger partial charge in [-0.15, -0.1) is 0 Å². The molecule has 0 saturated heterocycles. The van der Waals surface area contributed by atoms with Crippen molar-refractivity contribution >= 4 is 9.84 Å². The Bertz CT molecular complexity index is 938. The van der Waals surface area contributed by atoms with Crippen LogP contribution in [0, 0.1) is 13.8 Å². The number of hydrogen-bond acceptors (Lipinski definition) is 6. The van der Waals surface area contributed by atoms with Gasteiger partial charge in [-0.2, -0.15) is 0 Å². The van der Waals surface area contributed by atoms with E-state index in [1.165, 1.54) is 0 Å². The predicted molar refractivity (Wildman–Crippen MR) is 130 cm³/mol. The Balaban J connectivity index is 2.57. The largest absolute Gasteiger partial charge is 0.491 e. The summed E-state index contributed by atoms with van der Waals surface area (Å²) in [6.07, 6.45) is 5.19. The van der Waals surface area contributed by atoms with E-state index >= 15 is 0 Å². The molecule has 0 aliphatic rings. The first-order valence-electron chi connectivity index (χ1n) is 11.8. The zero-order valence-corrected chi connectivity index (χ0v) is 21.1. The smallest absolute Gasteiger partial charge is 0.206 e. The van der Waals surface area contributed by atoms with Gasteiger partial charge in [0.1, 0.15) is 24.7 Å². The minimum atomic E-state index is -3.76. The molecule has 0 radical (unpaired) electrons. The van der Waals surface area contributed by atoms with Crippen molar-refractivity contribution in [2.75, 3.05) is 26.4 Å². The molecule has 184 valence electrons. The van der Waals surface area contributed by atoms with Gasteiger partial charge in [0.25, 0.3) is 0 Å². The van der Waals surface area contributed by atoms with E-state index in [2.05, 4.69) is 13.8 Å². The third-order valence-electron chi connectivity index (χ3n) is 5.55. The van der Waals surface area contributed by atoms with E-state index in [-0.39, 0.29) is 36.2 Å². The monoisotopic (exact) mass is 478 g/mol. The molecular formula is C26H38O6S. The number of ether oxygens (including phenoxy) is 2. The third kappa shape index (κ3) is 6.95. The Labute approximate surface area is 198 Å². The molecule has 2 aromatic rings. The molecule has 0 fully saturated rings. The molecule has 0 atom stereocenters. The van der Waals surface area contributed by atoms with E-state index in [0.29, 0.717) is 24.3 Å². The lowest BCUT2D eigenvalue weighted by atomic mass is 10.0. The summed E-state index contributed by atoms with van der Waals surface area (Å²) in [7, 11) is -3.76. The first-order valence-corrected chi connectivity index (χ1v) is 13.3. The van der Waals surface area contributed by atoms with Gasteiger partial charge in [0.15, 0.2) is 0 Å². The Morgan fingerprint density at radius 1 is 0.727 bits per heavy atom. The average Bonchev–Trinajstić information content (AvgIpc) is 2.79. The van der Waals surface area contributed by atoms with E-state index in [1.807, 2.05) is 13.8 Å². The van der Waals surface area contributed by atoms with E-state index < -0.39 is 9.84 Å². The zero-order chi connectivity index (χ0) is 24.4. The van der Waals surface area contributed by atoms with Crippen LogP contribution in [0.1, 0.15) is 61.8 Å². The van der Waals surface area contributed by atoms with Crippen LogP contribution in [0.2, 0.25) is 0 Å². The van der Waals surface area contributed by atoms with Gasteiger partial charge < -0.3 is 19.7 Å². The Hall–Kier alpha value is -2.09. The molecule has 0 aliphatic carbocycles. The van der Waals surface area contributed by atoms with Crippen LogP contribution in [-0.4, -0.2) is 45.1 Å². The molecule has 0 bridgehead atoms. The summed E-state index contributed by atoms with van der Waals surface area (Å²) in [4.78, 5) is 0.486. The van der Waals surface area contributed by atoms with Crippen LogP contribution in [0.25, 0.3) is 0 Å². The maximum atomic E-state index is 13.7. The number of benzene rings is 2. The fourth-order valence-electron chi connectivity index (χ4n) is 3.88. The van der Waals surface area contributed by atoms with Crippen LogP contribution in [0.3, 0.4) is 0 Å². The van der Waals surface area contributed by atoms with Crippen LogP contribution in [0.15, 0.2) is 34.1 Å². The molecule has 0 amide bonds. The average molecular weight is 479 g/mol. The standard InChI is InChI=1S/C26H38O6S/c1-5-7-9-21-17-23(15-19(3)25(21)31-13-11-27)33(29,30)24-16-20(4)26(32-14-12-28)22(18-24)10-8-6-2/h15-18,27-28H,5-14H2,1-4H3. The minimum absolute atomic E-state index is 0.1000. The molecule has 7 heteroatoms. The zero-order valence-electron chi connectivity index (χ0n) is 20.3. The maximum Gasteiger partial charge on any atom is 0.206 e. The highest BCUT2D eigenvalue weighted by molar-refractivity contribution is 7.91. The second kappa shape index (κ2) is 13.0. The number of aliphatic hydroxyl groups excluding tert-OH is 2. The van der Waals surface area contributed by atoms with Gasteiger partial charge in [0, 0.05) is 0 Å². The molecule has 0 heterocycles. The van der Waals surface area contributed by atoms with Crippen molar-refractivity contribution in [1.29, 1.82) is 0 Å². The van der Waals surface area contributed by atoms with Crippen molar-refractivity contribution in [3.8, 4) is 11.5 Å². The van der Waals surface area contributed by atoms with Gasteiger partial charge >= 0.3 is 0 Å². The van der Waals surface area contributed by atoms with Crippen LogP contribution in [0.4, 0.5) is 0 Å². The van der Waals surface area contributed by atoms with Gasteiger partial charge in [0.05, 0.1) is 23.0 Å². The van der Waals surface area contributed by atoms with E-state index in [9.17, 15) is 8.42 Å². The molecule has 0 aromatic heterocycles. The van der Waals surface area contributed by atoms with Crippen molar-refractivity contribution < 1.29 is 28.1 Å². The lowest BCUT2D eigenvalue weighted by Crippen LogP contribution is -2.10. The molecule has 33 heavy (non-hydrogen) atoms. The van der Waals surface area contributed by atoms with E-state index in [4.69, 9.17) is 19.7 Å². The number of aliphatic hydroxyl groups is 2. The summed E-state index contributed by atoms with van der Waals surface area (Å²) < 4.78 is 38.8. The SMILES string of the molecule is CCCCc1cc(S(=O)(=O)c2cc(C)c(OCCO)c(CCCC)c2)cc(C)c1OCCO. The number of aryl methyl sites for hydroxylation is 4. The summed E-state index contributed by atoms with van der Waals surface area (Å²) in [5, 5.41) is 18.3. The third-order valence-corrected chi connectivity index (χ3v) is 7.26. The van der Waals surface area contributed by atoms with Crippen LogP contribution in [0.5, 0.6) is 11.5 Å². The molecule has 2 N–H and O–H groups in total. The molecule has 6 nitrogen and oxygen atoms in total. The summed E-state index contributed by atoms with van der Waals surface area (Å²) in [6, 6.07) is 6.72. The van der Waals surface area contributed by atoms with Gasteiger partial charge in [-0.25, -0.2) is 8.42 Å². The molecule has 0 saturated carbocycles. The van der Waals surface area contributed by atoms with Crippen molar-refractivity contribution in [2.45, 2.75) is 76.0 Å². The number of unbranched alkanes of at least 4 members (excludes halogenated alkanes) is 2. The van der Waals surface area contributed by atoms with Crippen molar-refractivity contribution in [3.05, 3.63) is 46.5 Å².